The van der Waals surface area contributed by atoms with Crippen molar-refractivity contribution in [2.24, 2.45) is 0 Å². The Morgan fingerprint density at radius 3 is 2.77 bits per heavy atom. The van der Waals surface area contributed by atoms with Gasteiger partial charge in [-0.1, -0.05) is 0 Å². The maximum Gasteiger partial charge on any atom is 0.295 e. The summed E-state index contributed by atoms with van der Waals surface area (Å²) in [6, 6.07) is -0.303. The maximum atomic E-state index is 11.1. The van der Waals surface area contributed by atoms with Crippen molar-refractivity contribution in [1.82, 2.24) is 5.32 Å². The zero-order chi connectivity index (χ0) is 9.90. The van der Waals surface area contributed by atoms with Crippen molar-refractivity contribution in [2.45, 2.75) is 18.9 Å². The molecule has 1 aliphatic heterocycles. The van der Waals surface area contributed by atoms with Gasteiger partial charge in [-0.15, -0.1) is 6.42 Å². The lowest BCUT2D eigenvalue weighted by Gasteiger charge is -2.21. The second-order valence-corrected chi connectivity index (χ2v) is 5.30. The third kappa shape index (κ3) is 3.07. The van der Waals surface area contributed by atoms with E-state index in [0.717, 1.165) is 0 Å². The van der Waals surface area contributed by atoms with Crippen LogP contribution < -0.4 is 5.32 Å². The summed E-state index contributed by atoms with van der Waals surface area (Å²) < 4.78 is 22.3. The Morgan fingerprint density at radius 2 is 2.23 bits per heavy atom. The summed E-state index contributed by atoms with van der Waals surface area (Å²) >= 11 is 0. The van der Waals surface area contributed by atoms with Crippen molar-refractivity contribution in [3.05, 3.63) is 0 Å². The molecule has 1 unspecified atom stereocenters. The fourth-order valence-corrected chi connectivity index (χ4v) is 3.00. The molecule has 1 fully saturated rings. The molecule has 1 rings (SSSR count). The lowest BCUT2D eigenvalue weighted by molar-refractivity contribution is -0.116. The van der Waals surface area contributed by atoms with Gasteiger partial charge in [0.1, 0.15) is 0 Å². The molecule has 4 nitrogen and oxygen atoms in total. The highest BCUT2D eigenvalue weighted by atomic mass is 32.2. The minimum Gasteiger partial charge on any atom is -0.342 e. The number of rotatable bonds is 1. The SMILES string of the molecule is C#CC(=O)NC1CCCS(=O)(=O)C1. The average Bonchev–Trinajstić information content (AvgIpc) is 2.02. The van der Waals surface area contributed by atoms with Gasteiger partial charge in [0.25, 0.3) is 5.91 Å². The van der Waals surface area contributed by atoms with Crippen LogP contribution >= 0.6 is 0 Å². The Bertz CT molecular complexity index is 339. The number of carbonyl (C=O) groups is 1. The van der Waals surface area contributed by atoms with E-state index in [9.17, 15) is 13.2 Å². The molecule has 72 valence electrons. The Labute approximate surface area is 77.6 Å². The van der Waals surface area contributed by atoms with Crippen LogP contribution in [0.25, 0.3) is 0 Å². The molecular formula is C8H11NO3S. The number of sulfone groups is 1. The van der Waals surface area contributed by atoms with E-state index in [4.69, 9.17) is 6.42 Å². The van der Waals surface area contributed by atoms with Gasteiger partial charge in [0, 0.05) is 6.04 Å². The van der Waals surface area contributed by atoms with E-state index < -0.39 is 15.7 Å². The first-order chi connectivity index (χ1) is 6.03. The van der Waals surface area contributed by atoms with Crippen LogP contribution in [0.2, 0.25) is 0 Å². The first-order valence-corrected chi connectivity index (χ1v) is 5.83. The first kappa shape index (κ1) is 10.1. The number of nitrogens with one attached hydrogen (secondary N) is 1. The topological polar surface area (TPSA) is 63.2 Å². The Morgan fingerprint density at radius 1 is 1.54 bits per heavy atom. The quantitative estimate of drug-likeness (QED) is 0.571. The smallest absolute Gasteiger partial charge is 0.295 e. The highest BCUT2D eigenvalue weighted by Gasteiger charge is 2.25. The number of terminal acetylenes is 1. The zero-order valence-electron chi connectivity index (χ0n) is 7.12. The predicted octanol–water partition coefficient (Wildman–Crippen LogP) is -0.687. The molecule has 0 aliphatic carbocycles. The highest BCUT2D eigenvalue weighted by molar-refractivity contribution is 7.91. The van der Waals surface area contributed by atoms with Crippen LogP contribution in [0.5, 0.6) is 0 Å². The predicted molar refractivity (Wildman–Crippen MR) is 48.7 cm³/mol. The third-order valence-electron chi connectivity index (χ3n) is 1.93. The van der Waals surface area contributed by atoms with Crippen molar-refractivity contribution in [3.8, 4) is 12.3 Å². The largest absolute Gasteiger partial charge is 0.342 e. The zero-order valence-corrected chi connectivity index (χ0v) is 7.93. The summed E-state index contributed by atoms with van der Waals surface area (Å²) in [6.07, 6.45) is 6.13. The van der Waals surface area contributed by atoms with Crippen LogP contribution in [0.3, 0.4) is 0 Å². The Kier molecular flexibility index (Phi) is 2.94. The summed E-state index contributed by atoms with van der Waals surface area (Å²) in [5.41, 5.74) is 0. The van der Waals surface area contributed by atoms with Crippen molar-refractivity contribution < 1.29 is 13.2 Å². The third-order valence-corrected chi connectivity index (χ3v) is 3.75. The molecule has 0 bridgehead atoms. The fraction of sp³-hybridized carbons (Fsp3) is 0.625. The normalized spacial score (nSPS) is 25.9. The Balaban J connectivity index is 2.54. The van der Waals surface area contributed by atoms with E-state index in [2.05, 4.69) is 5.32 Å². The van der Waals surface area contributed by atoms with Gasteiger partial charge in [-0.05, 0) is 18.8 Å². The summed E-state index contributed by atoms with van der Waals surface area (Å²) in [5.74, 6) is 1.59. The van der Waals surface area contributed by atoms with Gasteiger partial charge in [-0.3, -0.25) is 4.79 Å². The van der Waals surface area contributed by atoms with Crippen LogP contribution in [-0.2, 0) is 14.6 Å². The van der Waals surface area contributed by atoms with Crippen molar-refractivity contribution in [3.63, 3.8) is 0 Å². The van der Waals surface area contributed by atoms with E-state index in [1.807, 2.05) is 5.92 Å². The van der Waals surface area contributed by atoms with Gasteiger partial charge < -0.3 is 5.32 Å². The number of hydrogen-bond acceptors (Lipinski definition) is 3. The second-order valence-electron chi connectivity index (χ2n) is 3.07. The average molecular weight is 201 g/mol. The van der Waals surface area contributed by atoms with E-state index in [1.54, 1.807) is 0 Å². The molecule has 0 aromatic carbocycles. The van der Waals surface area contributed by atoms with E-state index in [0.29, 0.717) is 12.8 Å². The molecule has 0 spiro atoms. The van der Waals surface area contributed by atoms with Crippen LogP contribution in [0.15, 0.2) is 0 Å². The molecule has 1 atom stereocenters. The monoisotopic (exact) mass is 201 g/mol. The minimum absolute atomic E-state index is 0.0143. The van der Waals surface area contributed by atoms with Gasteiger partial charge in [0.15, 0.2) is 9.84 Å². The molecule has 1 heterocycles. The van der Waals surface area contributed by atoms with Gasteiger partial charge >= 0.3 is 0 Å². The standard InChI is InChI=1S/C8H11NO3S/c1-2-8(10)9-7-4-3-5-13(11,12)6-7/h1,7H,3-6H2,(H,9,10). The number of carbonyl (C=O) groups excluding carboxylic acids is 1. The molecule has 0 aromatic heterocycles. The summed E-state index contributed by atoms with van der Waals surface area (Å²) in [5, 5.41) is 2.47. The van der Waals surface area contributed by atoms with Crippen LogP contribution in [0.4, 0.5) is 0 Å². The highest BCUT2D eigenvalue weighted by Crippen LogP contribution is 2.11. The molecule has 1 N–H and O–H groups in total. The fourth-order valence-electron chi connectivity index (χ4n) is 1.36. The van der Waals surface area contributed by atoms with E-state index in [-0.39, 0.29) is 17.5 Å². The van der Waals surface area contributed by atoms with Gasteiger partial charge in [-0.2, -0.15) is 0 Å². The van der Waals surface area contributed by atoms with Crippen molar-refractivity contribution >= 4 is 15.7 Å². The van der Waals surface area contributed by atoms with Crippen molar-refractivity contribution in [1.29, 1.82) is 0 Å². The molecule has 0 aromatic rings. The lowest BCUT2D eigenvalue weighted by atomic mass is 10.2. The first-order valence-electron chi connectivity index (χ1n) is 4.01. The lowest BCUT2D eigenvalue weighted by Crippen LogP contribution is -2.42. The summed E-state index contributed by atoms with van der Waals surface area (Å²) in [4.78, 5) is 10.7. The summed E-state index contributed by atoms with van der Waals surface area (Å²) in [7, 11) is -2.97. The van der Waals surface area contributed by atoms with Crippen LogP contribution in [-0.4, -0.2) is 31.9 Å². The number of amides is 1. The van der Waals surface area contributed by atoms with Gasteiger partial charge in [-0.25, -0.2) is 8.42 Å². The summed E-state index contributed by atoms with van der Waals surface area (Å²) in [6.45, 7) is 0. The van der Waals surface area contributed by atoms with Gasteiger partial charge in [0.05, 0.1) is 11.5 Å². The second kappa shape index (κ2) is 3.79. The molecule has 1 aliphatic rings. The Hall–Kier alpha value is -1.02. The maximum absolute atomic E-state index is 11.1. The van der Waals surface area contributed by atoms with Crippen molar-refractivity contribution in [2.75, 3.05) is 11.5 Å². The number of hydrogen-bond donors (Lipinski definition) is 1. The van der Waals surface area contributed by atoms with Gasteiger partial charge in [0.2, 0.25) is 0 Å². The molecular weight excluding hydrogens is 190 g/mol. The molecule has 1 saturated heterocycles. The minimum atomic E-state index is -2.97. The van der Waals surface area contributed by atoms with E-state index >= 15 is 0 Å². The molecule has 1 amide bonds. The molecule has 13 heavy (non-hydrogen) atoms. The molecule has 5 heteroatoms. The van der Waals surface area contributed by atoms with E-state index in [1.165, 1.54) is 0 Å². The molecule has 0 radical (unpaired) electrons. The van der Waals surface area contributed by atoms with Crippen LogP contribution in [0, 0.1) is 12.3 Å². The van der Waals surface area contributed by atoms with Crippen LogP contribution in [0.1, 0.15) is 12.8 Å². The molecule has 0 saturated carbocycles.